The van der Waals surface area contributed by atoms with Crippen LogP contribution >= 0.6 is 0 Å². The third-order valence-corrected chi connectivity index (χ3v) is 6.50. The van der Waals surface area contributed by atoms with Gasteiger partial charge in [-0.3, -0.25) is 9.10 Å². The lowest BCUT2D eigenvalue weighted by molar-refractivity contribution is -0.120. The molecule has 0 aliphatic carbocycles. The van der Waals surface area contributed by atoms with E-state index in [9.17, 15) is 13.2 Å². The molecule has 0 aromatic heterocycles. The number of nitrogens with one attached hydrogen (secondary N) is 1. The van der Waals surface area contributed by atoms with Crippen molar-refractivity contribution < 1.29 is 17.9 Å². The fourth-order valence-corrected chi connectivity index (χ4v) is 4.66. The predicted molar refractivity (Wildman–Crippen MR) is 122 cm³/mol. The number of benzene rings is 3. The lowest BCUT2D eigenvalue weighted by Crippen LogP contribution is -2.41. The minimum Gasteiger partial charge on any atom is -0.492 e. The molecule has 3 aromatic carbocycles. The minimum atomic E-state index is -4.00. The van der Waals surface area contributed by atoms with E-state index >= 15 is 0 Å². The summed E-state index contributed by atoms with van der Waals surface area (Å²) in [5.74, 6) is -0.0180. The van der Waals surface area contributed by atoms with E-state index < -0.39 is 15.9 Å². The van der Waals surface area contributed by atoms with E-state index in [1.165, 1.54) is 12.1 Å². The number of anilines is 1. The molecule has 0 unspecified atom stereocenters. The van der Waals surface area contributed by atoms with E-state index in [-0.39, 0.29) is 17.5 Å². The second-order valence-corrected chi connectivity index (χ2v) is 8.79. The van der Waals surface area contributed by atoms with Crippen LogP contribution in [0.3, 0.4) is 0 Å². The van der Waals surface area contributed by atoms with Gasteiger partial charge in [0, 0.05) is 0 Å². The van der Waals surface area contributed by atoms with Gasteiger partial charge in [0.2, 0.25) is 5.91 Å². The molecule has 1 N–H and O–H groups in total. The SMILES string of the molecule is CCOc1ccccc1N(CC(=O)N[C@@H](C)c1ccccc1)S(=O)(=O)c1ccccc1. The standard InChI is InChI=1S/C24H26N2O4S/c1-3-30-23-17-11-10-16-22(23)26(31(28,29)21-14-8-5-9-15-21)18-24(27)25-19(2)20-12-6-4-7-13-20/h4-17,19H,3,18H2,1-2H3,(H,25,27)/t19-/m0/s1. The van der Waals surface area contributed by atoms with E-state index in [1.807, 2.05) is 44.2 Å². The molecule has 31 heavy (non-hydrogen) atoms. The van der Waals surface area contributed by atoms with Crippen molar-refractivity contribution in [1.29, 1.82) is 0 Å². The third-order valence-electron chi connectivity index (χ3n) is 4.73. The number of hydrogen-bond acceptors (Lipinski definition) is 4. The van der Waals surface area contributed by atoms with Crippen LogP contribution in [0.4, 0.5) is 5.69 Å². The van der Waals surface area contributed by atoms with Crippen LogP contribution < -0.4 is 14.4 Å². The van der Waals surface area contributed by atoms with E-state index in [0.29, 0.717) is 18.0 Å². The first-order valence-electron chi connectivity index (χ1n) is 10.1. The van der Waals surface area contributed by atoms with Gasteiger partial charge in [-0.15, -0.1) is 0 Å². The summed E-state index contributed by atoms with van der Waals surface area (Å²) >= 11 is 0. The summed E-state index contributed by atoms with van der Waals surface area (Å²) < 4.78 is 33.7. The maximum absolute atomic E-state index is 13.5. The van der Waals surface area contributed by atoms with Crippen LogP contribution in [0.5, 0.6) is 5.75 Å². The van der Waals surface area contributed by atoms with E-state index in [4.69, 9.17) is 4.74 Å². The van der Waals surface area contributed by atoms with Crippen molar-refractivity contribution in [3.05, 3.63) is 90.5 Å². The van der Waals surface area contributed by atoms with Crippen molar-refractivity contribution in [2.75, 3.05) is 17.5 Å². The molecule has 7 heteroatoms. The molecule has 3 aromatic rings. The van der Waals surface area contributed by atoms with Crippen LogP contribution in [-0.2, 0) is 14.8 Å². The first kappa shape index (κ1) is 22.4. The highest BCUT2D eigenvalue weighted by Gasteiger charge is 2.29. The Bertz CT molecular complexity index is 1100. The number of nitrogens with zero attached hydrogens (tertiary/aromatic N) is 1. The molecular weight excluding hydrogens is 412 g/mol. The van der Waals surface area contributed by atoms with E-state index in [1.54, 1.807) is 42.5 Å². The Hall–Kier alpha value is -3.32. The summed E-state index contributed by atoms with van der Waals surface area (Å²) in [6, 6.07) is 24.1. The van der Waals surface area contributed by atoms with Crippen LogP contribution in [0.2, 0.25) is 0 Å². The Morgan fingerprint density at radius 2 is 1.52 bits per heavy atom. The van der Waals surface area contributed by atoms with Gasteiger partial charge in [-0.05, 0) is 43.7 Å². The summed E-state index contributed by atoms with van der Waals surface area (Å²) in [7, 11) is -4.00. The molecule has 162 valence electrons. The van der Waals surface area contributed by atoms with Crippen LogP contribution in [0.15, 0.2) is 89.8 Å². The lowest BCUT2D eigenvalue weighted by Gasteiger charge is -2.26. The van der Waals surface area contributed by atoms with Gasteiger partial charge in [0.05, 0.1) is 23.2 Å². The van der Waals surface area contributed by atoms with Crippen LogP contribution in [0, 0.1) is 0 Å². The van der Waals surface area contributed by atoms with Gasteiger partial charge in [0.25, 0.3) is 10.0 Å². The van der Waals surface area contributed by atoms with Crippen molar-refractivity contribution in [3.63, 3.8) is 0 Å². The van der Waals surface area contributed by atoms with E-state index in [2.05, 4.69) is 5.32 Å². The first-order chi connectivity index (χ1) is 14.9. The normalized spacial score (nSPS) is 12.1. The number of amides is 1. The zero-order chi connectivity index (χ0) is 22.3. The number of sulfonamides is 1. The molecule has 0 heterocycles. The number of para-hydroxylation sites is 2. The molecule has 0 saturated heterocycles. The molecule has 1 amide bonds. The molecule has 0 spiro atoms. The van der Waals surface area contributed by atoms with Crippen molar-refractivity contribution >= 4 is 21.6 Å². The Morgan fingerprint density at radius 3 is 2.16 bits per heavy atom. The highest BCUT2D eigenvalue weighted by molar-refractivity contribution is 7.92. The fraction of sp³-hybridized carbons (Fsp3) is 0.208. The molecule has 0 aliphatic rings. The van der Waals surface area contributed by atoms with E-state index in [0.717, 1.165) is 9.87 Å². The largest absolute Gasteiger partial charge is 0.492 e. The molecule has 0 aliphatic heterocycles. The second-order valence-electron chi connectivity index (χ2n) is 6.93. The summed E-state index contributed by atoms with van der Waals surface area (Å²) in [5.41, 5.74) is 1.25. The van der Waals surface area contributed by atoms with Crippen molar-refractivity contribution in [3.8, 4) is 5.75 Å². The number of hydrogen-bond donors (Lipinski definition) is 1. The molecule has 0 fully saturated rings. The highest BCUT2D eigenvalue weighted by Crippen LogP contribution is 2.32. The zero-order valence-electron chi connectivity index (χ0n) is 17.6. The van der Waals surface area contributed by atoms with Gasteiger partial charge in [-0.25, -0.2) is 8.42 Å². The van der Waals surface area contributed by atoms with Gasteiger partial charge >= 0.3 is 0 Å². The molecule has 3 rings (SSSR count). The Balaban J connectivity index is 1.94. The molecule has 0 radical (unpaired) electrons. The molecule has 1 atom stereocenters. The summed E-state index contributed by atoms with van der Waals surface area (Å²) in [4.78, 5) is 13.0. The van der Waals surface area contributed by atoms with Crippen molar-refractivity contribution in [1.82, 2.24) is 5.32 Å². The number of carbonyl (C=O) groups excluding carboxylic acids is 1. The number of rotatable bonds is 9. The molecule has 6 nitrogen and oxygen atoms in total. The van der Waals surface area contributed by atoms with Crippen molar-refractivity contribution in [2.24, 2.45) is 0 Å². The summed E-state index contributed by atoms with van der Waals surface area (Å²) in [6.45, 7) is 3.67. The van der Waals surface area contributed by atoms with Crippen LogP contribution in [-0.4, -0.2) is 27.5 Å². The maximum Gasteiger partial charge on any atom is 0.264 e. The second kappa shape index (κ2) is 10.1. The quantitative estimate of drug-likeness (QED) is 0.544. The average molecular weight is 439 g/mol. The zero-order valence-corrected chi connectivity index (χ0v) is 18.4. The topological polar surface area (TPSA) is 75.7 Å². The average Bonchev–Trinajstić information content (AvgIpc) is 2.79. The Labute approximate surface area is 183 Å². The third kappa shape index (κ3) is 5.44. The van der Waals surface area contributed by atoms with Gasteiger partial charge in [0.15, 0.2) is 0 Å². The number of carbonyl (C=O) groups is 1. The summed E-state index contributed by atoms with van der Waals surface area (Å²) in [5, 5.41) is 2.89. The molecular formula is C24H26N2O4S. The minimum absolute atomic E-state index is 0.102. The smallest absolute Gasteiger partial charge is 0.264 e. The first-order valence-corrected chi connectivity index (χ1v) is 11.5. The molecule has 0 bridgehead atoms. The fourth-order valence-electron chi connectivity index (χ4n) is 3.20. The lowest BCUT2D eigenvalue weighted by atomic mass is 10.1. The number of ether oxygens (including phenoxy) is 1. The van der Waals surface area contributed by atoms with Gasteiger partial charge in [-0.1, -0.05) is 60.7 Å². The van der Waals surface area contributed by atoms with Gasteiger partial charge in [-0.2, -0.15) is 0 Å². The van der Waals surface area contributed by atoms with Crippen LogP contribution in [0.25, 0.3) is 0 Å². The van der Waals surface area contributed by atoms with Crippen molar-refractivity contribution in [2.45, 2.75) is 24.8 Å². The monoisotopic (exact) mass is 438 g/mol. The molecule has 0 saturated carbocycles. The van der Waals surface area contributed by atoms with Gasteiger partial charge < -0.3 is 10.1 Å². The predicted octanol–water partition coefficient (Wildman–Crippen LogP) is 4.16. The maximum atomic E-state index is 13.5. The summed E-state index contributed by atoms with van der Waals surface area (Å²) in [6.07, 6.45) is 0. The highest BCUT2D eigenvalue weighted by atomic mass is 32.2. The van der Waals surface area contributed by atoms with Crippen LogP contribution in [0.1, 0.15) is 25.5 Å². The Morgan fingerprint density at radius 1 is 0.935 bits per heavy atom. The Kier molecular flexibility index (Phi) is 7.31. The van der Waals surface area contributed by atoms with Gasteiger partial charge in [0.1, 0.15) is 12.3 Å².